The number of hydrogen-bond donors (Lipinski definition) is 1. The van der Waals surface area contributed by atoms with Gasteiger partial charge in [0, 0.05) is 19.8 Å². The zero-order valence-electron chi connectivity index (χ0n) is 18.6. The Bertz CT molecular complexity index is 317. The fraction of sp³-hybridized carbons (Fsp3) is 1.00. The maximum absolute atomic E-state index is 10.3. The monoisotopic (exact) mass is 374 g/mol. The van der Waals surface area contributed by atoms with Gasteiger partial charge in [-0.25, -0.2) is 0 Å². The van der Waals surface area contributed by atoms with Gasteiger partial charge in [0.2, 0.25) is 0 Å². The van der Waals surface area contributed by atoms with E-state index in [4.69, 9.17) is 14.2 Å². The van der Waals surface area contributed by atoms with Crippen molar-refractivity contribution in [3.63, 3.8) is 0 Å². The normalized spacial score (nSPS) is 17.1. The predicted molar refractivity (Wildman–Crippen MR) is 110 cm³/mol. The number of hydrogen-bond acceptors (Lipinski definition) is 4. The van der Waals surface area contributed by atoms with Gasteiger partial charge in [0.05, 0.1) is 23.9 Å². The third kappa shape index (κ3) is 11.5. The fourth-order valence-electron chi connectivity index (χ4n) is 3.28. The quantitative estimate of drug-likeness (QED) is 0.348. The summed E-state index contributed by atoms with van der Waals surface area (Å²) in [6, 6.07) is 0. The molecule has 0 saturated heterocycles. The number of rotatable bonds is 17. The highest BCUT2D eigenvalue weighted by molar-refractivity contribution is 4.74. The SMILES string of the molecule is CCCOCCC(C)C(CC)OC(C)CC(C)OCCC(O)(CC)CC. The van der Waals surface area contributed by atoms with E-state index < -0.39 is 5.60 Å². The van der Waals surface area contributed by atoms with Crippen molar-refractivity contribution in [3.8, 4) is 0 Å². The minimum atomic E-state index is -0.579. The molecule has 0 aliphatic carbocycles. The van der Waals surface area contributed by atoms with Gasteiger partial charge in [0.25, 0.3) is 0 Å². The number of ether oxygens (including phenoxy) is 3. The molecule has 0 rings (SSSR count). The van der Waals surface area contributed by atoms with Gasteiger partial charge in [-0.1, -0.05) is 34.6 Å². The minimum absolute atomic E-state index is 0.142. The van der Waals surface area contributed by atoms with Crippen molar-refractivity contribution in [1.29, 1.82) is 0 Å². The van der Waals surface area contributed by atoms with Gasteiger partial charge in [-0.2, -0.15) is 0 Å². The van der Waals surface area contributed by atoms with Crippen LogP contribution in [0.5, 0.6) is 0 Å². The molecule has 4 nitrogen and oxygen atoms in total. The van der Waals surface area contributed by atoms with E-state index in [-0.39, 0.29) is 18.3 Å². The lowest BCUT2D eigenvalue weighted by atomic mass is 9.94. The van der Waals surface area contributed by atoms with Gasteiger partial charge in [-0.05, 0) is 64.7 Å². The van der Waals surface area contributed by atoms with E-state index in [1.54, 1.807) is 0 Å². The highest BCUT2D eigenvalue weighted by Crippen LogP contribution is 2.21. The lowest BCUT2D eigenvalue weighted by Gasteiger charge is -2.29. The van der Waals surface area contributed by atoms with Crippen LogP contribution in [-0.2, 0) is 14.2 Å². The van der Waals surface area contributed by atoms with E-state index in [1.165, 1.54) is 0 Å². The molecule has 0 amide bonds. The van der Waals surface area contributed by atoms with Gasteiger partial charge >= 0.3 is 0 Å². The summed E-state index contributed by atoms with van der Waals surface area (Å²) in [6.07, 6.45) is 6.86. The zero-order valence-corrected chi connectivity index (χ0v) is 18.6. The Morgan fingerprint density at radius 2 is 1.54 bits per heavy atom. The smallest absolute Gasteiger partial charge is 0.0664 e. The molecule has 0 radical (unpaired) electrons. The highest BCUT2D eigenvalue weighted by atomic mass is 16.5. The molecule has 0 spiro atoms. The van der Waals surface area contributed by atoms with Gasteiger partial charge in [-0.15, -0.1) is 0 Å². The molecule has 0 saturated carbocycles. The molecule has 158 valence electrons. The molecule has 0 heterocycles. The van der Waals surface area contributed by atoms with Crippen LogP contribution in [-0.4, -0.2) is 48.8 Å². The second kappa shape index (κ2) is 14.8. The van der Waals surface area contributed by atoms with Crippen molar-refractivity contribution in [1.82, 2.24) is 0 Å². The van der Waals surface area contributed by atoms with Crippen molar-refractivity contribution in [2.75, 3.05) is 19.8 Å². The lowest BCUT2D eigenvalue weighted by molar-refractivity contribution is -0.0707. The zero-order chi connectivity index (χ0) is 20.0. The molecular weight excluding hydrogens is 328 g/mol. The van der Waals surface area contributed by atoms with Crippen LogP contribution in [0.2, 0.25) is 0 Å². The number of aliphatic hydroxyl groups is 1. The Morgan fingerprint density at radius 1 is 0.885 bits per heavy atom. The second-order valence-electron chi connectivity index (χ2n) is 7.87. The van der Waals surface area contributed by atoms with E-state index in [0.29, 0.717) is 18.9 Å². The molecule has 0 aromatic heterocycles. The molecule has 4 atom stereocenters. The van der Waals surface area contributed by atoms with Crippen molar-refractivity contribution in [3.05, 3.63) is 0 Å². The summed E-state index contributed by atoms with van der Waals surface area (Å²) in [5, 5.41) is 10.3. The maximum atomic E-state index is 10.3. The summed E-state index contributed by atoms with van der Waals surface area (Å²) in [5.41, 5.74) is -0.579. The first-order valence-electron chi connectivity index (χ1n) is 10.9. The highest BCUT2D eigenvalue weighted by Gasteiger charge is 2.23. The van der Waals surface area contributed by atoms with E-state index >= 15 is 0 Å². The largest absolute Gasteiger partial charge is 0.390 e. The first-order valence-corrected chi connectivity index (χ1v) is 10.9. The molecule has 1 N–H and O–H groups in total. The van der Waals surface area contributed by atoms with Crippen LogP contribution in [0.25, 0.3) is 0 Å². The Balaban J connectivity index is 4.12. The summed E-state index contributed by atoms with van der Waals surface area (Å²) < 4.78 is 17.8. The summed E-state index contributed by atoms with van der Waals surface area (Å²) in [6.45, 7) is 17.2. The third-order valence-electron chi connectivity index (χ3n) is 5.46. The summed E-state index contributed by atoms with van der Waals surface area (Å²) in [7, 11) is 0. The average molecular weight is 375 g/mol. The van der Waals surface area contributed by atoms with Crippen LogP contribution < -0.4 is 0 Å². The molecule has 0 aliphatic rings. The Labute approximate surface area is 163 Å². The van der Waals surface area contributed by atoms with E-state index in [1.807, 2.05) is 13.8 Å². The Kier molecular flexibility index (Phi) is 14.8. The molecule has 26 heavy (non-hydrogen) atoms. The summed E-state index contributed by atoms with van der Waals surface area (Å²) >= 11 is 0. The summed E-state index contributed by atoms with van der Waals surface area (Å²) in [4.78, 5) is 0. The Hall–Kier alpha value is -0.160. The molecule has 0 bridgehead atoms. The minimum Gasteiger partial charge on any atom is -0.390 e. The fourth-order valence-corrected chi connectivity index (χ4v) is 3.28. The molecule has 4 unspecified atom stereocenters. The topological polar surface area (TPSA) is 47.9 Å². The van der Waals surface area contributed by atoms with Gasteiger partial charge in [0.1, 0.15) is 0 Å². The van der Waals surface area contributed by atoms with Gasteiger partial charge in [0.15, 0.2) is 0 Å². The molecule has 0 aromatic carbocycles. The van der Waals surface area contributed by atoms with Gasteiger partial charge in [-0.3, -0.25) is 0 Å². The Morgan fingerprint density at radius 3 is 2.08 bits per heavy atom. The second-order valence-corrected chi connectivity index (χ2v) is 7.87. The van der Waals surface area contributed by atoms with Crippen LogP contribution in [0.15, 0.2) is 0 Å². The van der Waals surface area contributed by atoms with Crippen molar-refractivity contribution < 1.29 is 19.3 Å². The van der Waals surface area contributed by atoms with Crippen molar-refractivity contribution in [2.24, 2.45) is 5.92 Å². The van der Waals surface area contributed by atoms with Crippen LogP contribution in [0.3, 0.4) is 0 Å². The van der Waals surface area contributed by atoms with Crippen molar-refractivity contribution in [2.45, 2.75) is 117 Å². The first-order chi connectivity index (χ1) is 12.3. The third-order valence-corrected chi connectivity index (χ3v) is 5.46. The predicted octanol–water partition coefficient (Wildman–Crippen LogP) is 5.36. The standard InChI is InChI=1S/C22H46O4/c1-8-14-24-15-12-18(5)21(9-2)26-20(7)17-19(6)25-16-13-22(23,10-3)11-4/h18-21,23H,8-17H2,1-7H3. The maximum Gasteiger partial charge on any atom is 0.0664 e. The van der Waals surface area contributed by atoms with E-state index in [0.717, 1.165) is 51.7 Å². The average Bonchev–Trinajstić information content (AvgIpc) is 2.62. The van der Waals surface area contributed by atoms with E-state index in [9.17, 15) is 5.11 Å². The van der Waals surface area contributed by atoms with Crippen molar-refractivity contribution >= 4 is 0 Å². The van der Waals surface area contributed by atoms with Crippen LogP contribution in [0, 0.1) is 5.92 Å². The van der Waals surface area contributed by atoms with Gasteiger partial charge < -0.3 is 19.3 Å². The first kappa shape index (κ1) is 25.8. The molecule has 0 aromatic rings. The van der Waals surface area contributed by atoms with Crippen LogP contribution in [0.4, 0.5) is 0 Å². The molecular formula is C22H46O4. The summed E-state index contributed by atoms with van der Waals surface area (Å²) in [5.74, 6) is 0.500. The van der Waals surface area contributed by atoms with Crippen LogP contribution >= 0.6 is 0 Å². The van der Waals surface area contributed by atoms with Crippen LogP contribution in [0.1, 0.15) is 93.4 Å². The molecule has 0 fully saturated rings. The van der Waals surface area contributed by atoms with E-state index in [2.05, 4.69) is 34.6 Å². The lowest BCUT2D eigenvalue weighted by Crippen LogP contribution is -2.31. The molecule has 0 aliphatic heterocycles. The molecule has 4 heteroatoms.